The Bertz CT molecular complexity index is 229. The van der Waals surface area contributed by atoms with Crippen molar-refractivity contribution >= 4 is 0 Å². The molecule has 0 spiro atoms. The van der Waals surface area contributed by atoms with Crippen LogP contribution in [0.3, 0.4) is 0 Å². The van der Waals surface area contributed by atoms with Gasteiger partial charge in [-0.1, -0.05) is 47.5 Å². The first-order valence-corrected chi connectivity index (χ1v) is 7.44. The predicted molar refractivity (Wildman–Crippen MR) is 71.3 cm³/mol. The molecule has 0 aromatic carbocycles. The minimum absolute atomic E-state index is 0.539. The Hall–Kier alpha value is 0. The van der Waals surface area contributed by atoms with Crippen LogP contribution in [0.4, 0.5) is 0 Å². The fourth-order valence-corrected chi connectivity index (χ4v) is 4.38. The van der Waals surface area contributed by atoms with Crippen LogP contribution in [0, 0.1) is 35.0 Å². The Labute approximate surface area is 102 Å². The van der Waals surface area contributed by atoms with Crippen LogP contribution in [-0.4, -0.2) is 0 Å². The normalized spacial score (nSPS) is 42.2. The molecule has 0 bridgehead atoms. The molecule has 0 nitrogen and oxygen atoms in total. The lowest BCUT2D eigenvalue weighted by Crippen LogP contribution is -2.57. The van der Waals surface area contributed by atoms with Gasteiger partial charge in [-0.05, 0) is 54.3 Å². The molecule has 0 radical (unpaired) electrons. The molecule has 2 aliphatic rings. The molecular weight excluding hydrogens is 192 g/mol. The minimum Gasteiger partial charge on any atom is -0.0654 e. The van der Waals surface area contributed by atoms with Gasteiger partial charge in [-0.15, -0.1) is 0 Å². The molecule has 0 aromatic rings. The van der Waals surface area contributed by atoms with Crippen molar-refractivity contribution < 1.29 is 0 Å². The molecule has 0 heterocycles. The van der Waals surface area contributed by atoms with Gasteiger partial charge >= 0.3 is 0 Å². The Morgan fingerprint density at radius 3 is 2.31 bits per heavy atom. The third kappa shape index (κ3) is 2.17. The zero-order valence-corrected chi connectivity index (χ0v) is 11.9. The van der Waals surface area contributed by atoms with E-state index in [0.717, 1.165) is 29.6 Å². The van der Waals surface area contributed by atoms with Gasteiger partial charge < -0.3 is 0 Å². The molecule has 2 rings (SSSR count). The number of rotatable bonds is 4. The molecular formula is C16H30. The molecule has 5 unspecified atom stereocenters. The topological polar surface area (TPSA) is 0 Å². The van der Waals surface area contributed by atoms with E-state index in [4.69, 9.17) is 0 Å². The molecule has 0 aliphatic heterocycles. The first-order valence-electron chi connectivity index (χ1n) is 7.44. The van der Waals surface area contributed by atoms with Gasteiger partial charge in [0, 0.05) is 0 Å². The van der Waals surface area contributed by atoms with Crippen LogP contribution < -0.4 is 0 Å². The van der Waals surface area contributed by atoms with Crippen LogP contribution in [0.5, 0.6) is 0 Å². The Kier molecular flexibility index (Phi) is 3.39. The highest BCUT2D eigenvalue weighted by atomic mass is 14.6. The summed E-state index contributed by atoms with van der Waals surface area (Å²) in [6, 6.07) is 0. The Balaban J connectivity index is 1.76. The van der Waals surface area contributed by atoms with Crippen LogP contribution in [0.1, 0.15) is 66.7 Å². The van der Waals surface area contributed by atoms with E-state index in [1.165, 1.54) is 25.7 Å². The van der Waals surface area contributed by atoms with Crippen molar-refractivity contribution in [3.63, 3.8) is 0 Å². The van der Waals surface area contributed by atoms with Crippen LogP contribution >= 0.6 is 0 Å². The second-order valence-corrected chi connectivity index (χ2v) is 7.65. The lowest BCUT2D eigenvalue weighted by Gasteiger charge is -2.64. The van der Waals surface area contributed by atoms with Gasteiger partial charge in [-0.25, -0.2) is 0 Å². The molecule has 0 N–H and O–H groups in total. The molecule has 2 fully saturated rings. The molecule has 0 saturated heterocycles. The van der Waals surface area contributed by atoms with Gasteiger partial charge in [0.25, 0.3) is 0 Å². The fourth-order valence-electron chi connectivity index (χ4n) is 4.38. The van der Waals surface area contributed by atoms with Crippen molar-refractivity contribution in [1.82, 2.24) is 0 Å². The summed E-state index contributed by atoms with van der Waals surface area (Å²) in [4.78, 5) is 0. The van der Waals surface area contributed by atoms with Crippen molar-refractivity contribution in [1.29, 1.82) is 0 Å². The summed E-state index contributed by atoms with van der Waals surface area (Å²) >= 11 is 0. The van der Waals surface area contributed by atoms with Gasteiger partial charge in [0.15, 0.2) is 0 Å². The van der Waals surface area contributed by atoms with E-state index in [0.29, 0.717) is 5.41 Å². The lowest BCUT2D eigenvalue weighted by atomic mass is 9.41. The molecule has 5 atom stereocenters. The first kappa shape index (κ1) is 12.5. The van der Waals surface area contributed by atoms with Crippen LogP contribution in [-0.2, 0) is 0 Å². The minimum atomic E-state index is 0.539. The lowest BCUT2D eigenvalue weighted by molar-refractivity contribution is -0.152. The quantitative estimate of drug-likeness (QED) is 0.618. The van der Waals surface area contributed by atoms with Crippen molar-refractivity contribution in [2.24, 2.45) is 35.0 Å². The average molecular weight is 222 g/mol. The monoisotopic (exact) mass is 222 g/mol. The van der Waals surface area contributed by atoms with E-state index in [1.54, 1.807) is 6.42 Å². The highest BCUT2D eigenvalue weighted by Gasteiger charge is 2.57. The van der Waals surface area contributed by atoms with Crippen LogP contribution in [0.15, 0.2) is 0 Å². The maximum Gasteiger partial charge on any atom is -0.0326 e. The number of hydrogen-bond acceptors (Lipinski definition) is 0. The molecule has 0 heteroatoms. The zero-order chi connectivity index (χ0) is 11.9. The van der Waals surface area contributed by atoms with E-state index in [2.05, 4.69) is 34.6 Å². The Morgan fingerprint density at radius 2 is 1.81 bits per heavy atom. The Morgan fingerprint density at radius 1 is 1.12 bits per heavy atom. The van der Waals surface area contributed by atoms with Gasteiger partial charge in [-0.2, -0.15) is 0 Å². The number of hydrogen-bond donors (Lipinski definition) is 0. The maximum atomic E-state index is 2.52. The summed E-state index contributed by atoms with van der Waals surface area (Å²) in [6.07, 6.45) is 7.37. The van der Waals surface area contributed by atoms with E-state index >= 15 is 0 Å². The van der Waals surface area contributed by atoms with E-state index in [-0.39, 0.29) is 0 Å². The third-order valence-corrected chi connectivity index (χ3v) is 5.33. The molecule has 0 amide bonds. The largest absolute Gasteiger partial charge is 0.0654 e. The van der Waals surface area contributed by atoms with E-state index in [9.17, 15) is 0 Å². The van der Waals surface area contributed by atoms with Crippen LogP contribution in [0.25, 0.3) is 0 Å². The SMILES string of the molecule is CCCC1CC2C(CCC(C)(C)C)C(C)C12. The zero-order valence-electron chi connectivity index (χ0n) is 11.9. The molecule has 0 aromatic heterocycles. The first-order chi connectivity index (χ1) is 7.44. The smallest absolute Gasteiger partial charge is 0.0326 e. The summed E-state index contributed by atoms with van der Waals surface area (Å²) < 4.78 is 0. The van der Waals surface area contributed by atoms with Crippen molar-refractivity contribution in [3.8, 4) is 0 Å². The average Bonchev–Trinajstić information content (AvgIpc) is 2.12. The molecule has 16 heavy (non-hydrogen) atoms. The fraction of sp³-hybridized carbons (Fsp3) is 1.00. The summed E-state index contributed by atoms with van der Waals surface area (Å²) in [5.74, 6) is 5.49. The van der Waals surface area contributed by atoms with Gasteiger partial charge in [0.2, 0.25) is 0 Å². The second-order valence-electron chi connectivity index (χ2n) is 7.65. The molecule has 2 aliphatic carbocycles. The highest BCUT2D eigenvalue weighted by molar-refractivity contribution is 5.05. The summed E-state index contributed by atoms with van der Waals surface area (Å²) in [6.45, 7) is 12.0. The van der Waals surface area contributed by atoms with Crippen molar-refractivity contribution in [2.45, 2.75) is 66.7 Å². The molecule has 94 valence electrons. The maximum absolute atomic E-state index is 2.52. The number of fused-ring (bicyclic) bond motifs is 1. The van der Waals surface area contributed by atoms with Gasteiger partial charge in [0.1, 0.15) is 0 Å². The third-order valence-electron chi connectivity index (χ3n) is 5.33. The standard InChI is InChI=1S/C16H30/c1-6-7-12-10-14-13(11(2)15(12)14)8-9-16(3,4)5/h11-15H,6-10H2,1-5H3. The van der Waals surface area contributed by atoms with E-state index in [1.807, 2.05) is 0 Å². The predicted octanol–water partition coefficient (Wildman–Crippen LogP) is 5.13. The summed E-state index contributed by atoms with van der Waals surface area (Å²) in [5, 5.41) is 0. The second kappa shape index (κ2) is 4.35. The summed E-state index contributed by atoms with van der Waals surface area (Å²) in [5.41, 5.74) is 0.539. The van der Waals surface area contributed by atoms with Crippen molar-refractivity contribution in [3.05, 3.63) is 0 Å². The molecule has 2 saturated carbocycles. The highest BCUT2D eigenvalue weighted by Crippen LogP contribution is 2.64. The van der Waals surface area contributed by atoms with Crippen molar-refractivity contribution in [2.75, 3.05) is 0 Å². The van der Waals surface area contributed by atoms with E-state index < -0.39 is 0 Å². The van der Waals surface area contributed by atoms with Gasteiger partial charge in [0.05, 0.1) is 0 Å². The van der Waals surface area contributed by atoms with Gasteiger partial charge in [-0.3, -0.25) is 0 Å². The summed E-state index contributed by atoms with van der Waals surface area (Å²) in [7, 11) is 0. The van der Waals surface area contributed by atoms with Crippen LogP contribution in [0.2, 0.25) is 0 Å².